The fourth-order valence-electron chi connectivity index (χ4n) is 4.16. The van der Waals surface area contributed by atoms with Gasteiger partial charge in [0.25, 0.3) is 0 Å². The van der Waals surface area contributed by atoms with E-state index in [1.807, 2.05) is 66.6 Å². The van der Waals surface area contributed by atoms with Crippen molar-refractivity contribution in [3.8, 4) is 11.5 Å². The number of rotatable bonds is 3. The van der Waals surface area contributed by atoms with Gasteiger partial charge in [0, 0.05) is 36.0 Å². The van der Waals surface area contributed by atoms with E-state index in [0.717, 1.165) is 33.8 Å². The van der Waals surface area contributed by atoms with Crippen LogP contribution in [0.2, 0.25) is 0 Å². The first-order valence-corrected chi connectivity index (χ1v) is 9.74. The average Bonchev–Trinajstić information content (AvgIpc) is 3.21. The molecule has 0 saturated carbocycles. The number of benzene rings is 1. The van der Waals surface area contributed by atoms with Crippen LogP contribution in [0.25, 0.3) is 17.2 Å². The minimum Gasteiger partial charge on any atom is -0.296 e. The second-order valence-corrected chi connectivity index (χ2v) is 7.62. The lowest BCUT2D eigenvalue weighted by Gasteiger charge is -2.24. The van der Waals surface area contributed by atoms with Crippen LogP contribution in [-0.4, -0.2) is 25.3 Å². The molecule has 0 fully saturated rings. The number of aryl methyl sites for hydroxylation is 1. The molecular weight excluding hydrogens is 362 g/mol. The SMILES string of the molecule is CCC1(C)C(=O)N(c2ccc(C)cc2)c2c1c1ncccn1c2-c1ncccn1. The first kappa shape index (κ1) is 17.6. The van der Waals surface area contributed by atoms with E-state index in [4.69, 9.17) is 0 Å². The molecule has 4 heterocycles. The molecule has 144 valence electrons. The van der Waals surface area contributed by atoms with Gasteiger partial charge in [0.05, 0.1) is 11.1 Å². The van der Waals surface area contributed by atoms with Gasteiger partial charge < -0.3 is 0 Å². The lowest BCUT2D eigenvalue weighted by atomic mass is 9.82. The highest BCUT2D eigenvalue weighted by Gasteiger charge is 2.51. The van der Waals surface area contributed by atoms with Crippen LogP contribution in [0.15, 0.2) is 61.2 Å². The van der Waals surface area contributed by atoms with Crippen molar-refractivity contribution in [2.45, 2.75) is 32.6 Å². The molecule has 0 bridgehead atoms. The number of carbonyl (C=O) groups excluding carboxylic acids is 1. The van der Waals surface area contributed by atoms with E-state index in [0.29, 0.717) is 12.2 Å². The van der Waals surface area contributed by atoms with Crippen LogP contribution < -0.4 is 4.90 Å². The van der Waals surface area contributed by atoms with Crippen LogP contribution in [0.5, 0.6) is 0 Å². The quantitative estimate of drug-likeness (QED) is 0.524. The van der Waals surface area contributed by atoms with Crippen molar-refractivity contribution in [1.82, 2.24) is 19.4 Å². The van der Waals surface area contributed by atoms with Crippen LogP contribution in [0.4, 0.5) is 11.4 Å². The lowest BCUT2D eigenvalue weighted by Crippen LogP contribution is -2.36. The summed E-state index contributed by atoms with van der Waals surface area (Å²) < 4.78 is 2.00. The van der Waals surface area contributed by atoms with Gasteiger partial charge >= 0.3 is 0 Å². The van der Waals surface area contributed by atoms with Crippen molar-refractivity contribution in [2.24, 2.45) is 0 Å². The van der Waals surface area contributed by atoms with Gasteiger partial charge in [-0.1, -0.05) is 24.6 Å². The summed E-state index contributed by atoms with van der Waals surface area (Å²) >= 11 is 0. The molecule has 6 nitrogen and oxygen atoms in total. The Morgan fingerprint density at radius 2 is 1.69 bits per heavy atom. The minimum absolute atomic E-state index is 0.0548. The monoisotopic (exact) mass is 383 g/mol. The van der Waals surface area contributed by atoms with Gasteiger partial charge in [0.1, 0.15) is 11.3 Å². The molecule has 6 heteroatoms. The average molecular weight is 383 g/mol. The molecule has 1 atom stereocenters. The van der Waals surface area contributed by atoms with Crippen molar-refractivity contribution in [3.63, 3.8) is 0 Å². The number of nitrogens with zero attached hydrogens (tertiary/aromatic N) is 5. The maximum atomic E-state index is 13.7. The second kappa shape index (κ2) is 6.24. The molecule has 1 amide bonds. The molecule has 0 radical (unpaired) electrons. The maximum Gasteiger partial charge on any atom is 0.242 e. The summed E-state index contributed by atoms with van der Waals surface area (Å²) in [6, 6.07) is 11.7. The van der Waals surface area contributed by atoms with E-state index in [9.17, 15) is 4.79 Å². The molecule has 1 aliphatic heterocycles. The van der Waals surface area contributed by atoms with E-state index in [1.165, 1.54) is 0 Å². The Morgan fingerprint density at radius 1 is 1.00 bits per heavy atom. The van der Waals surface area contributed by atoms with Crippen LogP contribution in [0.1, 0.15) is 31.4 Å². The summed E-state index contributed by atoms with van der Waals surface area (Å²) in [4.78, 5) is 29.2. The second-order valence-electron chi connectivity index (χ2n) is 7.62. The number of hydrogen-bond acceptors (Lipinski definition) is 4. The van der Waals surface area contributed by atoms with Gasteiger partial charge in [-0.3, -0.25) is 14.1 Å². The third kappa shape index (κ3) is 2.35. The van der Waals surface area contributed by atoms with Gasteiger partial charge in [-0.2, -0.15) is 0 Å². The normalized spacial score (nSPS) is 18.4. The van der Waals surface area contributed by atoms with Gasteiger partial charge in [0.2, 0.25) is 5.91 Å². The van der Waals surface area contributed by atoms with E-state index in [2.05, 4.69) is 15.0 Å². The van der Waals surface area contributed by atoms with Crippen molar-refractivity contribution in [1.29, 1.82) is 0 Å². The molecule has 5 rings (SSSR count). The smallest absolute Gasteiger partial charge is 0.242 e. The Morgan fingerprint density at radius 3 is 2.38 bits per heavy atom. The zero-order chi connectivity index (χ0) is 20.2. The van der Waals surface area contributed by atoms with Gasteiger partial charge in [-0.15, -0.1) is 0 Å². The Kier molecular flexibility index (Phi) is 3.77. The molecule has 29 heavy (non-hydrogen) atoms. The third-order valence-corrected chi connectivity index (χ3v) is 5.90. The van der Waals surface area contributed by atoms with Crippen molar-refractivity contribution in [2.75, 3.05) is 4.90 Å². The van der Waals surface area contributed by atoms with Crippen LogP contribution in [-0.2, 0) is 10.2 Å². The Hall–Kier alpha value is -3.54. The van der Waals surface area contributed by atoms with Crippen LogP contribution in [0.3, 0.4) is 0 Å². The maximum absolute atomic E-state index is 13.7. The predicted molar refractivity (Wildman–Crippen MR) is 112 cm³/mol. The van der Waals surface area contributed by atoms with Gasteiger partial charge in [-0.25, -0.2) is 15.0 Å². The first-order chi connectivity index (χ1) is 14.1. The Bertz CT molecular complexity index is 1230. The van der Waals surface area contributed by atoms with Crippen molar-refractivity contribution in [3.05, 3.63) is 72.3 Å². The largest absolute Gasteiger partial charge is 0.296 e. The molecule has 1 unspecified atom stereocenters. The third-order valence-electron chi connectivity index (χ3n) is 5.90. The molecule has 0 saturated heterocycles. The molecule has 0 aliphatic carbocycles. The number of amides is 1. The van der Waals surface area contributed by atoms with E-state index in [1.54, 1.807) is 24.7 Å². The molecule has 3 aromatic heterocycles. The number of aromatic nitrogens is 4. The Balaban J connectivity index is 1.91. The van der Waals surface area contributed by atoms with E-state index < -0.39 is 5.41 Å². The van der Waals surface area contributed by atoms with Gasteiger partial charge in [0.15, 0.2) is 5.82 Å². The van der Waals surface area contributed by atoms with Crippen LogP contribution in [0, 0.1) is 6.92 Å². The summed E-state index contributed by atoms with van der Waals surface area (Å²) in [5.74, 6) is 0.626. The number of hydrogen-bond donors (Lipinski definition) is 0. The molecule has 4 aromatic rings. The molecule has 0 spiro atoms. The Labute approximate surface area is 168 Å². The molecule has 1 aromatic carbocycles. The van der Waals surface area contributed by atoms with Crippen LogP contribution >= 0.6 is 0 Å². The highest BCUT2D eigenvalue weighted by atomic mass is 16.2. The van der Waals surface area contributed by atoms with E-state index >= 15 is 0 Å². The highest BCUT2D eigenvalue weighted by molar-refractivity contribution is 6.17. The summed E-state index contributed by atoms with van der Waals surface area (Å²) in [5.41, 5.74) is 4.64. The summed E-state index contributed by atoms with van der Waals surface area (Å²) in [7, 11) is 0. The molecule has 0 N–H and O–H groups in total. The summed E-state index contributed by atoms with van der Waals surface area (Å²) in [6.07, 6.45) is 7.83. The molecule has 1 aliphatic rings. The predicted octanol–water partition coefficient (Wildman–Crippen LogP) is 4.45. The first-order valence-electron chi connectivity index (χ1n) is 9.74. The fraction of sp³-hybridized carbons (Fsp3) is 0.217. The fourth-order valence-corrected chi connectivity index (χ4v) is 4.16. The zero-order valence-corrected chi connectivity index (χ0v) is 16.6. The van der Waals surface area contributed by atoms with E-state index in [-0.39, 0.29) is 5.91 Å². The van der Waals surface area contributed by atoms with Gasteiger partial charge in [-0.05, 0) is 44.5 Å². The summed E-state index contributed by atoms with van der Waals surface area (Å²) in [5, 5.41) is 0. The lowest BCUT2D eigenvalue weighted by molar-refractivity contribution is -0.122. The number of fused-ring (bicyclic) bond motifs is 3. The summed E-state index contributed by atoms with van der Waals surface area (Å²) in [6.45, 7) is 6.09. The van der Waals surface area contributed by atoms with Crippen molar-refractivity contribution >= 4 is 22.9 Å². The number of anilines is 2. The highest BCUT2D eigenvalue weighted by Crippen LogP contribution is 2.53. The zero-order valence-electron chi connectivity index (χ0n) is 16.6. The van der Waals surface area contributed by atoms with Crippen molar-refractivity contribution < 1.29 is 4.79 Å². The standard InChI is InChI=1S/C23H21N5O/c1-4-23(3)17-18(28(22(23)29)16-9-7-15(2)8-10-16)19(20-24-11-5-12-25-20)27-14-6-13-26-21(17)27/h5-14H,4H2,1-3H3. The minimum atomic E-state index is -0.674. The number of carbonyl (C=O) groups is 1. The molecular formula is C23H21N5O. The topological polar surface area (TPSA) is 63.4 Å².